The van der Waals surface area contributed by atoms with E-state index >= 15 is 0 Å². The van der Waals surface area contributed by atoms with E-state index in [-0.39, 0.29) is 5.91 Å². The highest BCUT2D eigenvalue weighted by molar-refractivity contribution is 5.76. The van der Waals surface area contributed by atoms with Crippen molar-refractivity contribution in [3.05, 3.63) is 18.2 Å². The van der Waals surface area contributed by atoms with Gasteiger partial charge in [0.25, 0.3) is 0 Å². The Morgan fingerprint density at radius 2 is 1.95 bits per heavy atom. The second kappa shape index (κ2) is 7.73. The highest BCUT2D eigenvalue weighted by Crippen LogP contribution is 2.29. The standard InChI is InChI=1S/C15H22N2O4/c1-19-13-4-3-12(11-14(13)20-2)16-6-5-15(18)17-7-9-21-10-8-17/h3-4,11,16H,5-10H2,1-2H3. The lowest BCUT2D eigenvalue weighted by molar-refractivity contribution is -0.134. The number of carbonyl (C=O) groups excluding carboxylic acids is 1. The molecule has 1 N–H and O–H groups in total. The monoisotopic (exact) mass is 294 g/mol. The van der Waals surface area contributed by atoms with Gasteiger partial charge >= 0.3 is 0 Å². The zero-order chi connectivity index (χ0) is 15.1. The molecule has 2 rings (SSSR count). The highest BCUT2D eigenvalue weighted by Gasteiger charge is 2.16. The smallest absolute Gasteiger partial charge is 0.224 e. The molecule has 116 valence electrons. The zero-order valence-corrected chi connectivity index (χ0v) is 12.6. The van der Waals surface area contributed by atoms with Crippen LogP contribution in [0.2, 0.25) is 0 Å². The van der Waals surface area contributed by atoms with Crippen molar-refractivity contribution in [3.8, 4) is 11.5 Å². The van der Waals surface area contributed by atoms with Crippen LogP contribution >= 0.6 is 0 Å². The molecule has 1 saturated heterocycles. The maximum absolute atomic E-state index is 12.0. The van der Waals surface area contributed by atoms with E-state index in [4.69, 9.17) is 14.2 Å². The lowest BCUT2D eigenvalue weighted by Crippen LogP contribution is -2.41. The Balaban J connectivity index is 1.81. The molecule has 1 heterocycles. The summed E-state index contributed by atoms with van der Waals surface area (Å²) < 4.78 is 15.7. The molecule has 6 heteroatoms. The minimum Gasteiger partial charge on any atom is -0.493 e. The van der Waals surface area contributed by atoms with E-state index in [2.05, 4.69) is 5.32 Å². The lowest BCUT2D eigenvalue weighted by Gasteiger charge is -2.26. The molecule has 0 atom stereocenters. The van der Waals surface area contributed by atoms with E-state index in [1.807, 2.05) is 23.1 Å². The molecule has 6 nitrogen and oxygen atoms in total. The summed E-state index contributed by atoms with van der Waals surface area (Å²) in [6.07, 6.45) is 0.467. The average Bonchev–Trinajstić information content (AvgIpc) is 2.55. The number of amides is 1. The third-order valence-corrected chi connectivity index (χ3v) is 3.42. The van der Waals surface area contributed by atoms with Crippen LogP contribution < -0.4 is 14.8 Å². The van der Waals surface area contributed by atoms with Crippen molar-refractivity contribution in [2.45, 2.75) is 6.42 Å². The number of hydrogen-bond donors (Lipinski definition) is 1. The molecule has 1 aliphatic rings. The predicted molar refractivity (Wildman–Crippen MR) is 80.1 cm³/mol. The molecule has 1 aromatic rings. The largest absolute Gasteiger partial charge is 0.493 e. The van der Waals surface area contributed by atoms with Crippen molar-refractivity contribution >= 4 is 11.6 Å². The van der Waals surface area contributed by atoms with E-state index < -0.39 is 0 Å². The van der Waals surface area contributed by atoms with Crippen molar-refractivity contribution in [1.29, 1.82) is 0 Å². The van der Waals surface area contributed by atoms with Crippen LogP contribution in [-0.4, -0.2) is 57.9 Å². The van der Waals surface area contributed by atoms with Gasteiger partial charge in [0, 0.05) is 37.8 Å². The van der Waals surface area contributed by atoms with E-state index in [9.17, 15) is 4.79 Å². The van der Waals surface area contributed by atoms with Crippen LogP contribution in [0.25, 0.3) is 0 Å². The minimum atomic E-state index is 0.159. The van der Waals surface area contributed by atoms with Crippen LogP contribution in [0.4, 0.5) is 5.69 Å². The first-order valence-corrected chi connectivity index (χ1v) is 7.06. The van der Waals surface area contributed by atoms with Crippen molar-refractivity contribution in [2.24, 2.45) is 0 Å². The number of nitrogens with zero attached hydrogens (tertiary/aromatic N) is 1. The predicted octanol–water partition coefficient (Wildman–Crippen LogP) is 1.36. The van der Waals surface area contributed by atoms with E-state index in [1.54, 1.807) is 14.2 Å². The molecule has 1 aliphatic heterocycles. The Bertz CT molecular complexity index is 473. The Kier molecular flexibility index (Phi) is 5.68. The van der Waals surface area contributed by atoms with Gasteiger partial charge in [-0.05, 0) is 12.1 Å². The van der Waals surface area contributed by atoms with E-state index in [0.29, 0.717) is 50.8 Å². The molecule has 0 saturated carbocycles. The Morgan fingerprint density at radius 3 is 2.62 bits per heavy atom. The molecular formula is C15H22N2O4. The Morgan fingerprint density at radius 1 is 1.24 bits per heavy atom. The summed E-state index contributed by atoms with van der Waals surface area (Å²) in [5.41, 5.74) is 0.905. The van der Waals surface area contributed by atoms with Gasteiger partial charge in [0.1, 0.15) is 0 Å². The molecule has 0 unspecified atom stereocenters. The molecule has 21 heavy (non-hydrogen) atoms. The third kappa shape index (κ3) is 4.26. The number of rotatable bonds is 6. The van der Waals surface area contributed by atoms with Gasteiger partial charge in [-0.25, -0.2) is 0 Å². The van der Waals surface area contributed by atoms with Crippen molar-refractivity contribution < 1.29 is 19.0 Å². The molecule has 1 fully saturated rings. The van der Waals surface area contributed by atoms with Crippen LogP contribution in [0.1, 0.15) is 6.42 Å². The second-order valence-electron chi connectivity index (χ2n) is 4.74. The fourth-order valence-electron chi connectivity index (χ4n) is 2.23. The van der Waals surface area contributed by atoms with Crippen molar-refractivity contribution in [2.75, 3.05) is 52.4 Å². The van der Waals surface area contributed by atoms with Crippen LogP contribution in [0.15, 0.2) is 18.2 Å². The fourth-order valence-corrected chi connectivity index (χ4v) is 2.23. The number of benzene rings is 1. The number of hydrogen-bond acceptors (Lipinski definition) is 5. The van der Waals surface area contributed by atoms with Gasteiger partial charge in [0.15, 0.2) is 11.5 Å². The van der Waals surface area contributed by atoms with Gasteiger partial charge in [-0.15, -0.1) is 0 Å². The Hall–Kier alpha value is -1.95. The lowest BCUT2D eigenvalue weighted by atomic mass is 10.2. The summed E-state index contributed by atoms with van der Waals surface area (Å²) >= 11 is 0. The van der Waals surface area contributed by atoms with Gasteiger partial charge in [-0.3, -0.25) is 4.79 Å². The summed E-state index contributed by atoms with van der Waals surface area (Å²) in [5, 5.41) is 3.23. The van der Waals surface area contributed by atoms with Crippen LogP contribution in [0, 0.1) is 0 Å². The normalized spacial score (nSPS) is 14.7. The van der Waals surface area contributed by atoms with Gasteiger partial charge in [0.2, 0.25) is 5.91 Å². The first-order chi connectivity index (χ1) is 10.2. The number of ether oxygens (including phenoxy) is 3. The summed E-state index contributed by atoms with van der Waals surface area (Å²) in [6, 6.07) is 5.60. The quantitative estimate of drug-likeness (QED) is 0.858. The third-order valence-electron chi connectivity index (χ3n) is 3.42. The van der Waals surface area contributed by atoms with Crippen molar-refractivity contribution in [3.63, 3.8) is 0 Å². The van der Waals surface area contributed by atoms with E-state index in [1.165, 1.54) is 0 Å². The van der Waals surface area contributed by atoms with Crippen LogP contribution in [-0.2, 0) is 9.53 Å². The molecule has 0 bridgehead atoms. The average molecular weight is 294 g/mol. The maximum atomic E-state index is 12.0. The minimum absolute atomic E-state index is 0.159. The number of morpholine rings is 1. The van der Waals surface area contributed by atoms with Crippen molar-refractivity contribution in [1.82, 2.24) is 4.90 Å². The SMILES string of the molecule is COc1ccc(NCCC(=O)N2CCOCC2)cc1OC. The molecule has 1 aromatic carbocycles. The molecule has 1 amide bonds. The number of anilines is 1. The van der Waals surface area contributed by atoms with Gasteiger partial charge < -0.3 is 24.4 Å². The van der Waals surface area contributed by atoms with Gasteiger partial charge in [-0.2, -0.15) is 0 Å². The molecule has 0 radical (unpaired) electrons. The van der Waals surface area contributed by atoms with Crippen LogP contribution in [0.3, 0.4) is 0 Å². The zero-order valence-electron chi connectivity index (χ0n) is 12.6. The van der Waals surface area contributed by atoms with Gasteiger partial charge in [-0.1, -0.05) is 0 Å². The molecule has 0 aromatic heterocycles. The second-order valence-corrected chi connectivity index (χ2v) is 4.74. The number of methoxy groups -OCH3 is 2. The summed E-state index contributed by atoms with van der Waals surface area (Å²) in [7, 11) is 3.20. The maximum Gasteiger partial charge on any atom is 0.224 e. The first kappa shape index (κ1) is 15.4. The summed E-state index contributed by atoms with van der Waals surface area (Å²) in [4.78, 5) is 13.8. The number of carbonyl (C=O) groups is 1. The highest BCUT2D eigenvalue weighted by atomic mass is 16.5. The molecule has 0 aliphatic carbocycles. The summed E-state index contributed by atoms with van der Waals surface area (Å²) in [5.74, 6) is 1.51. The molecular weight excluding hydrogens is 272 g/mol. The van der Waals surface area contributed by atoms with Crippen LogP contribution in [0.5, 0.6) is 11.5 Å². The van der Waals surface area contributed by atoms with Gasteiger partial charge in [0.05, 0.1) is 27.4 Å². The molecule has 0 spiro atoms. The summed E-state index contributed by atoms with van der Waals surface area (Å²) in [6.45, 7) is 3.24. The Labute approximate surface area is 125 Å². The fraction of sp³-hybridized carbons (Fsp3) is 0.533. The topological polar surface area (TPSA) is 60.0 Å². The number of nitrogens with one attached hydrogen (secondary N) is 1. The first-order valence-electron chi connectivity index (χ1n) is 7.06. The van der Waals surface area contributed by atoms with E-state index in [0.717, 1.165) is 5.69 Å².